The fraction of sp³-hybridized carbons (Fsp3) is 0.227. The lowest BCUT2D eigenvalue weighted by Gasteiger charge is -2.11. The van der Waals surface area contributed by atoms with Crippen LogP contribution in [0.2, 0.25) is 0 Å². The number of nitrogens with zero attached hydrogens (tertiary/aromatic N) is 2. The number of alkyl halides is 3. The zero-order valence-corrected chi connectivity index (χ0v) is 16.2. The van der Waals surface area contributed by atoms with E-state index < -0.39 is 11.7 Å². The molecule has 2 aromatic carbocycles. The summed E-state index contributed by atoms with van der Waals surface area (Å²) in [5.41, 5.74) is 2.27. The van der Waals surface area contributed by atoms with Gasteiger partial charge in [0.25, 0.3) is 5.91 Å². The van der Waals surface area contributed by atoms with Gasteiger partial charge in [0, 0.05) is 17.4 Å². The van der Waals surface area contributed by atoms with Crippen molar-refractivity contribution in [3.8, 4) is 11.4 Å². The Hall–Kier alpha value is -3.22. The zero-order valence-electron chi connectivity index (χ0n) is 16.2. The summed E-state index contributed by atoms with van der Waals surface area (Å²) in [5, 5.41) is 2.80. The van der Waals surface area contributed by atoms with E-state index in [1.165, 1.54) is 23.9 Å². The molecule has 150 valence electrons. The van der Waals surface area contributed by atoms with E-state index in [0.29, 0.717) is 28.4 Å². The second kappa shape index (κ2) is 8.03. The van der Waals surface area contributed by atoms with Crippen LogP contribution >= 0.6 is 0 Å². The monoisotopic (exact) mass is 399 g/mol. The van der Waals surface area contributed by atoms with E-state index >= 15 is 0 Å². The quantitative estimate of drug-likeness (QED) is 0.599. The zero-order chi connectivity index (χ0) is 21.2. The van der Waals surface area contributed by atoms with Gasteiger partial charge in [0.15, 0.2) is 5.82 Å². The average Bonchev–Trinajstić information content (AvgIpc) is 2.67. The van der Waals surface area contributed by atoms with Crippen molar-refractivity contribution in [3.63, 3.8) is 0 Å². The van der Waals surface area contributed by atoms with Gasteiger partial charge in [-0.1, -0.05) is 38.1 Å². The lowest BCUT2D eigenvalue weighted by Crippen LogP contribution is -2.15. The van der Waals surface area contributed by atoms with Crippen molar-refractivity contribution in [3.05, 3.63) is 77.1 Å². The molecule has 7 heteroatoms. The second-order valence-electron chi connectivity index (χ2n) is 7.00. The van der Waals surface area contributed by atoms with Gasteiger partial charge in [-0.15, -0.1) is 0 Å². The fourth-order valence-corrected chi connectivity index (χ4v) is 2.79. The van der Waals surface area contributed by atoms with Gasteiger partial charge in [0.1, 0.15) is 0 Å². The summed E-state index contributed by atoms with van der Waals surface area (Å²) in [6.07, 6.45) is -3.02. The number of hydrogen-bond donors (Lipinski definition) is 1. The van der Waals surface area contributed by atoms with Crippen molar-refractivity contribution >= 4 is 11.6 Å². The highest BCUT2D eigenvalue weighted by Crippen LogP contribution is 2.30. The first-order chi connectivity index (χ1) is 13.6. The third-order valence-corrected chi connectivity index (χ3v) is 4.53. The topological polar surface area (TPSA) is 54.9 Å². The highest BCUT2D eigenvalue weighted by Gasteiger charge is 2.30. The van der Waals surface area contributed by atoms with Gasteiger partial charge < -0.3 is 5.32 Å². The SMILES string of the molecule is Cc1nc(-c2ccc(C(F)(F)F)cc2)ncc1C(=O)Nc1ccc(C(C)C)cc1. The van der Waals surface area contributed by atoms with Crippen molar-refractivity contribution in [1.82, 2.24) is 9.97 Å². The molecule has 1 heterocycles. The molecular formula is C22H20F3N3O. The van der Waals surface area contributed by atoms with Crippen molar-refractivity contribution in [2.75, 3.05) is 5.32 Å². The Kier molecular flexibility index (Phi) is 5.68. The van der Waals surface area contributed by atoms with Gasteiger partial charge in [-0.3, -0.25) is 4.79 Å². The van der Waals surface area contributed by atoms with E-state index in [4.69, 9.17) is 0 Å². The molecule has 3 rings (SSSR count). The predicted octanol–water partition coefficient (Wildman–Crippen LogP) is 5.85. The maximum Gasteiger partial charge on any atom is 0.416 e. The fourth-order valence-electron chi connectivity index (χ4n) is 2.79. The number of anilines is 1. The molecule has 1 amide bonds. The molecule has 0 radical (unpaired) electrons. The largest absolute Gasteiger partial charge is 0.416 e. The molecule has 0 aliphatic heterocycles. The third kappa shape index (κ3) is 4.80. The third-order valence-electron chi connectivity index (χ3n) is 4.53. The van der Waals surface area contributed by atoms with Crippen LogP contribution in [0.5, 0.6) is 0 Å². The number of benzene rings is 2. The molecule has 1 aromatic heterocycles. The summed E-state index contributed by atoms with van der Waals surface area (Å²) in [6, 6.07) is 12.2. The number of nitrogens with one attached hydrogen (secondary N) is 1. The Morgan fingerprint density at radius 3 is 2.14 bits per heavy atom. The van der Waals surface area contributed by atoms with E-state index in [1.54, 1.807) is 6.92 Å². The van der Waals surface area contributed by atoms with Crippen molar-refractivity contribution in [1.29, 1.82) is 0 Å². The first kappa shape index (κ1) is 20.5. The molecule has 3 aromatic rings. The Balaban J connectivity index is 1.77. The smallest absolute Gasteiger partial charge is 0.322 e. The number of rotatable bonds is 4. The standard InChI is InChI=1S/C22H20F3N3O/c1-13(2)15-6-10-18(11-7-15)28-21(29)19-12-26-20(27-14(19)3)16-4-8-17(9-5-16)22(23,24)25/h4-13H,1-3H3,(H,28,29). The minimum Gasteiger partial charge on any atom is -0.322 e. The maximum absolute atomic E-state index is 12.7. The number of carbonyl (C=O) groups excluding carboxylic acids is 1. The molecule has 0 saturated heterocycles. The lowest BCUT2D eigenvalue weighted by molar-refractivity contribution is -0.137. The number of hydrogen-bond acceptors (Lipinski definition) is 3. The number of carbonyl (C=O) groups is 1. The average molecular weight is 399 g/mol. The van der Waals surface area contributed by atoms with E-state index in [2.05, 4.69) is 29.1 Å². The van der Waals surface area contributed by atoms with Crippen LogP contribution in [-0.2, 0) is 6.18 Å². The molecule has 0 saturated carbocycles. The number of amides is 1. The van der Waals surface area contributed by atoms with Crippen molar-refractivity contribution < 1.29 is 18.0 Å². The molecule has 0 bridgehead atoms. The molecule has 0 aliphatic rings. The van der Waals surface area contributed by atoms with Crippen LogP contribution in [0.15, 0.2) is 54.7 Å². The molecule has 0 unspecified atom stereocenters. The Bertz CT molecular complexity index is 1010. The molecule has 0 aliphatic carbocycles. The predicted molar refractivity (Wildman–Crippen MR) is 106 cm³/mol. The molecular weight excluding hydrogens is 379 g/mol. The van der Waals surface area contributed by atoms with Crippen LogP contribution in [0.1, 0.15) is 46.9 Å². The lowest BCUT2D eigenvalue weighted by atomic mass is 10.0. The molecule has 0 fully saturated rings. The summed E-state index contributed by atoms with van der Waals surface area (Å²) in [5.74, 6) is 0.306. The van der Waals surface area contributed by atoms with Crippen molar-refractivity contribution in [2.24, 2.45) is 0 Å². The summed E-state index contributed by atoms with van der Waals surface area (Å²) < 4.78 is 38.1. The number of aryl methyl sites for hydroxylation is 1. The summed E-state index contributed by atoms with van der Waals surface area (Å²) in [4.78, 5) is 21.0. The van der Waals surface area contributed by atoms with Gasteiger partial charge in [0.2, 0.25) is 0 Å². The van der Waals surface area contributed by atoms with E-state index in [9.17, 15) is 18.0 Å². The van der Waals surface area contributed by atoms with Crippen LogP contribution in [-0.4, -0.2) is 15.9 Å². The van der Waals surface area contributed by atoms with Gasteiger partial charge in [0.05, 0.1) is 16.8 Å². The Morgan fingerprint density at radius 1 is 1.00 bits per heavy atom. The molecule has 0 spiro atoms. The van der Waals surface area contributed by atoms with Crippen LogP contribution in [0.4, 0.5) is 18.9 Å². The van der Waals surface area contributed by atoms with Gasteiger partial charge in [-0.25, -0.2) is 9.97 Å². The van der Waals surface area contributed by atoms with Crippen LogP contribution in [0.3, 0.4) is 0 Å². The Morgan fingerprint density at radius 2 is 1.62 bits per heavy atom. The maximum atomic E-state index is 12.7. The summed E-state index contributed by atoms with van der Waals surface area (Å²) in [7, 11) is 0. The van der Waals surface area contributed by atoms with Crippen LogP contribution in [0.25, 0.3) is 11.4 Å². The van der Waals surface area contributed by atoms with Gasteiger partial charge >= 0.3 is 6.18 Å². The molecule has 0 atom stereocenters. The Labute approximate surface area is 166 Å². The van der Waals surface area contributed by atoms with Crippen LogP contribution < -0.4 is 5.32 Å². The van der Waals surface area contributed by atoms with E-state index in [0.717, 1.165) is 12.1 Å². The number of halogens is 3. The summed E-state index contributed by atoms with van der Waals surface area (Å²) >= 11 is 0. The van der Waals surface area contributed by atoms with E-state index in [-0.39, 0.29) is 11.7 Å². The molecule has 4 nitrogen and oxygen atoms in total. The van der Waals surface area contributed by atoms with Crippen molar-refractivity contribution in [2.45, 2.75) is 32.9 Å². The molecule has 29 heavy (non-hydrogen) atoms. The van der Waals surface area contributed by atoms with Gasteiger partial charge in [-0.2, -0.15) is 13.2 Å². The van der Waals surface area contributed by atoms with Crippen LogP contribution in [0, 0.1) is 6.92 Å². The first-order valence-electron chi connectivity index (χ1n) is 9.07. The van der Waals surface area contributed by atoms with Gasteiger partial charge in [-0.05, 0) is 42.7 Å². The second-order valence-corrected chi connectivity index (χ2v) is 7.00. The highest BCUT2D eigenvalue weighted by molar-refractivity contribution is 6.04. The number of aromatic nitrogens is 2. The highest BCUT2D eigenvalue weighted by atomic mass is 19.4. The minimum atomic E-state index is -4.40. The normalized spacial score (nSPS) is 11.6. The van der Waals surface area contributed by atoms with E-state index in [1.807, 2.05) is 24.3 Å². The first-order valence-corrected chi connectivity index (χ1v) is 9.07. The molecule has 1 N–H and O–H groups in total. The minimum absolute atomic E-state index is 0.258. The summed E-state index contributed by atoms with van der Waals surface area (Å²) in [6.45, 7) is 5.84.